The number of sulfonamides is 1. The minimum Gasteiger partial charge on any atom is -0.480 e. The van der Waals surface area contributed by atoms with Gasteiger partial charge in [0.1, 0.15) is 16.1 Å². The molecule has 0 aliphatic carbocycles. The van der Waals surface area contributed by atoms with E-state index in [1.165, 1.54) is 24.3 Å². The molecule has 2 aromatic carbocycles. The lowest BCUT2D eigenvalue weighted by molar-refractivity contribution is -0.139. The van der Waals surface area contributed by atoms with Gasteiger partial charge in [-0.3, -0.25) is 4.79 Å². The summed E-state index contributed by atoms with van der Waals surface area (Å²) in [6.07, 6.45) is -4.65. The summed E-state index contributed by atoms with van der Waals surface area (Å²) in [7, 11) is -4.19. The highest BCUT2D eigenvalue weighted by molar-refractivity contribution is 7.91. The second-order valence-corrected chi connectivity index (χ2v) is 10.4. The third-order valence-corrected chi connectivity index (χ3v) is 7.78. The first-order valence-corrected chi connectivity index (χ1v) is 12.3. The Labute approximate surface area is 201 Å². The number of nitrogens with zero attached hydrogens (tertiary/aromatic N) is 1. The number of fused-ring (bicyclic) bond motifs is 1. The summed E-state index contributed by atoms with van der Waals surface area (Å²) < 4.78 is 65.6. The Morgan fingerprint density at radius 1 is 1.09 bits per heavy atom. The molecule has 0 amide bonds. The van der Waals surface area contributed by atoms with Crippen LogP contribution in [0.5, 0.6) is 0 Å². The first kappa shape index (κ1) is 24.5. The first-order valence-electron chi connectivity index (χ1n) is 9.99. The van der Waals surface area contributed by atoms with Crippen LogP contribution >= 0.6 is 11.3 Å². The monoisotopic (exact) mass is 519 g/mol. The third kappa shape index (κ3) is 5.89. The Balaban J connectivity index is 1.48. The molecule has 0 saturated heterocycles. The summed E-state index contributed by atoms with van der Waals surface area (Å²) in [6.45, 7) is 0. The van der Waals surface area contributed by atoms with Crippen LogP contribution in [0.2, 0.25) is 0 Å². The van der Waals surface area contributed by atoms with Crippen LogP contribution in [0.15, 0.2) is 64.9 Å². The van der Waals surface area contributed by atoms with E-state index in [1.54, 1.807) is 24.3 Å². The van der Waals surface area contributed by atoms with Gasteiger partial charge in [-0.2, -0.15) is 17.9 Å². The number of hydrogen-bond donors (Lipinski definition) is 3. The topological polar surface area (TPSA) is 112 Å². The predicted octanol–water partition coefficient (Wildman–Crippen LogP) is 4.02. The number of hydrogen-bond acceptors (Lipinski definition) is 5. The third-order valence-electron chi connectivity index (χ3n) is 4.82. The maximum atomic E-state index is 12.8. The van der Waals surface area contributed by atoms with Crippen LogP contribution in [-0.4, -0.2) is 35.5 Å². The summed E-state index contributed by atoms with van der Waals surface area (Å²) >= 11 is 0.810. The molecule has 0 aliphatic rings. The van der Waals surface area contributed by atoms with Crippen LogP contribution in [0.25, 0.3) is 11.0 Å². The van der Waals surface area contributed by atoms with Crippen molar-refractivity contribution < 1.29 is 31.5 Å². The number of thiophene rings is 1. The van der Waals surface area contributed by atoms with Crippen molar-refractivity contribution in [1.82, 2.24) is 14.7 Å². The number of aromatic amines is 1. The van der Waals surface area contributed by atoms with Gasteiger partial charge in [-0.05, 0) is 48.5 Å². The number of imidazole rings is 1. The number of aromatic nitrogens is 2. The van der Waals surface area contributed by atoms with E-state index < -0.39 is 33.8 Å². The van der Waals surface area contributed by atoms with Crippen LogP contribution in [0.3, 0.4) is 0 Å². The van der Waals surface area contributed by atoms with E-state index in [2.05, 4.69) is 26.5 Å². The molecule has 0 saturated carbocycles. The fourth-order valence-electron chi connectivity index (χ4n) is 3.13. The molecule has 1 unspecified atom stereocenters. The summed E-state index contributed by atoms with van der Waals surface area (Å²) in [5.74, 6) is 4.33. The normalized spacial score (nSPS) is 12.8. The van der Waals surface area contributed by atoms with Gasteiger partial charge in [0.15, 0.2) is 0 Å². The molecule has 7 nitrogen and oxygen atoms in total. The molecule has 12 heteroatoms. The minimum atomic E-state index is -4.45. The van der Waals surface area contributed by atoms with E-state index in [4.69, 9.17) is 0 Å². The molecule has 3 N–H and O–H groups in total. The molecule has 2 aromatic heterocycles. The predicted molar refractivity (Wildman–Crippen MR) is 123 cm³/mol. The Hall–Kier alpha value is -3.66. The van der Waals surface area contributed by atoms with Crippen molar-refractivity contribution in [3.8, 4) is 11.8 Å². The maximum Gasteiger partial charge on any atom is 0.416 e. The fourth-order valence-corrected chi connectivity index (χ4v) is 5.49. The number of carboxylic acid groups (broad SMARTS) is 1. The van der Waals surface area contributed by atoms with Gasteiger partial charge in [0.05, 0.1) is 21.5 Å². The van der Waals surface area contributed by atoms with Crippen molar-refractivity contribution in [2.45, 2.75) is 22.8 Å². The van der Waals surface area contributed by atoms with E-state index in [9.17, 15) is 31.5 Å². The van der Waals surface area contributed by atoms with Gasteiger partial charge in [-0.1, -0.05) is 24.0 Å². The molecule has 0 bridgehead atoms. The van der Waals surface area contributed by atoms with Gasteiger partial charge in [-0.25, -0.2) is 13.4 Å². The number of rotatable bonds is 6. The lowest BCUT2D eigenvalue weighted by atomic mass is 10.1. The zero-order chi connectivity index (χ0) is 25.2. The van der Waals surface area contributed by atoms with Crippen LogP contribution in [0.1, 0.15) is 21.8 Å². The van der Waals surface area contributed by atoms with E-state index in [-0.39, 0.29) is 10.6 Å². The van der Waals surface area contributed by atoms with Gasteiger partial charge in [0.2, 0.25) is 0 Å². The second kappa shape index (κ2) is 9.53. The number of aliphatic carboxylic acids is 1. The molecule has 0 fully saturated rings. The summed E-state index contributed by atoms with van der Waals surface area (Å²) in [5, 5.41) is 9.55. The largest absolute Gasteiger partial charge is 0.480 e. The van der Waals surface area contributed by atoms with E-state index in [1.807, 2.05) is 0 Å². The Morgan fingerprint density at radius 2 is 1.80 bits per heavy atom. The van der Waals surface area contributed by atoms with Gasteiger partial charge >= 0.3 is 12.1 Å². The highest BCUT2D eigenvalue weighted by Gasteiger charge is 2.30. The van der Waals surface area contributed by atoms with Crippen molar-refractivity contribution in [1.29, 1.82) is 0 Å². The van der Waals surface area contributed by atoms with Gasteiger partial charge in [0.25, 0.3) is 10.0 Å². The number of halogens is 3. The van der Waals surface area contributed by atoms with Crippen LogP contribution < -0.4 is 4.72 Å². The van der Waals surface area contributed by atoms with Crippen molar-refractivity contribution in [3.05, 3.63) is 82.5 Å². The molecule has 4 rings (SSSR count). The summed E-state index contributed by atoms with van der Waals surface area (Å²) in [5.41, 5.74) is 0.855. The standard InChI is InChI=1S/C23H16F3N3O4S2/c24-23(25,26)15-8-5-14(6-9-15)7-10-16-11-12-21(34-16)35(32,33)29-19(22(30)31)13-20-27-17-3-1-2-4-18(17)28-20/h1-6,8-9,11-12,19,29H,13H2,(H,27,28)(H,30,31). The molecule has 35 heavy (non-hydrogen) atoms. The zero-order valence-electron chi connectivity index (χ0n) is 17.6. The number of H-pyrrole nitrogens is 1. The molecular formula is C23H16F3N3O4S2. The van der Waals surface area contributed by atoms with Gasteiger partial charge in [-0.15, -0.1) is 11.3 Å². The average Bonchev–Trinajstić information content (AvgIpc) is 3.44. The number of nitrogens with one attached hydrogen (secondary N) is 2. The Kier molecular flexibility index (Phi) is 6.66. The average molecular weight is 520 g/mol. The minimum absolute atomic E-state index is 0.148. The lowest BCUT2D eigenvalue weighted by Gasteiger charge is -2.12. The van der Waals surface area contributed by atoms with Crippen molar-refractivity contribution in [2.24, 2.45) is 0 Å². The number of para-hydroxylation sites is 2. The van der Waals surface area contributed by atoms with Crippen LogP contribution in [-0.2, 0) is 27.4 Å². The highest BCUT2D eigenvalue weighted by atomic mass is 32.2. The van der Waals surface area contributed by atoms with E-state index in [0.717, 1.165) is 23.5 Å². The molecule has 0 aliphatic heterocycles. The van der Waals surface area contributed by atoms with Crippen molar-refractivity contribution in [2.75, 3.05) is 0 Å². The smallest absolute Gasteiger partial charge is 0.416 e. The summed E-state index contributed by atoms with van der Waals surface area (Å²) in [6, 6.07) is 12.6. The van der Waals surface area contributed by atoms with Gasteiger partial charge in [0, 0.05) is 12.0 Å². The molecule has 180 valence electrons. The fraction of sp³-hybridized carbons (Fsp3) is 0.130. The lowest BCUT2D eigenvalue weighted by Crippen LogP contribution is -2.42. The highest BCUT2D eigenvalue weighted by Crippen LogP contribution is 2.29. The van der Waals surface area contributed by atoms with Gasteiger partial charge < -0.3 is 10.1 Å². The number of benzene rings is 2. The summed E-state index contributed by atoms with van der Waals surface area (Å²) in [4.78, 5) is 19.3. The quantitative estimate of drug-likeness (QED) is 0.333. The van der Waals surface area contributed by atoms with E-state index in [0.29, 0.717) is 27.3 Å². The number of carbonyl (C=O) groups is 1. The number of carboxylic acids is 1. The molecule has 0 radical (unpaired) electrons. The van der Waals surface area contributed by atoms with Crippen LogP contribution in [0, 0.1) is 11.8 Å². The molecule has 4 aromatic rings. The molecular weight excluding hydrogens is 503 g/mol. The Morgan fingerprint density at radius 3 is 2.46 bits per heavy atom. The van der Waals surface area contributed by atoms with Crippen molar-refractivity contribution in [3.63, 3.8) is 0 Å². The second-order valence-electron chi connectivity index (χ2n) is 7.36. The Bertz CT molecular complexity index is 1510. The molecule has 1 atom stereocenters. The molecule has 2 heterocycles. The molecule has 0 spiro atoms. The maximum absolute atomic E-state index is 12.8. The van der Waals surface area contributed by atoms with Crippen molar-refractivity contribution >= 4 is 38.4 Å². The van der Waals surface area contributed by atoms with E-state index >= 15 is 0 Å². The van der Waals surface area contributed by atoms with Crippen LogP contribution in [0.4, 0.5) is 13.2 Å². The SMILES string of the molecule is O=C(O)C(Cc1nc2ccccc2[nH]1)NS(=O)(=O)c1ccc(C#Cc2ccc(C(F)(F)F)cc2)s1. The first-order chi connectivity index (χ1) is 16.5. The zero-order valence-corrected chi connectivity index (χ0v) is 19.3. The number of alkyl halides is 3.